The lowest BCUT2D eigenvalue weighted by atomic mass is 10.1. The minimum atomic E-state index is -0.502. The number of halogens is 3. The van der Waals surface area contributed by atoms with E-state index in [9.17, 15) is 14.0 Å². The van der Waals surface area contributed by atoms with Gasteiger partial charge < -0.3 is 10.6 Å². The second-order valence-corrected chi connectivity index (χ2v) is 8.26. The van der Waals surface area contributed by atoms with Crippen molar-refractivity contribution < 1.29 is 9.18 Å². The van der Waals surface area contributed by atoms with Gasteiger partial charge in [0.2, 0.25) is 11.9 Å². The zero-order valence-corrected chi connectivity index (χ0v) is 19.5. The van der Waals surface area contributed by atoms with Gasteiger partial charge in [0.1, 0.15) is 17.0 Å². The van der Waals surface area contributed by atoms with Gasteiger partial charge in [-0.3, -0.25) is 14.2 Å². The first-order chi connectivity index (χ1) is 16.3. The van der Waals surface area contributed by atoms with Gasteiger partial charge in [-0.05, 0) is 29.8 Å². The maximum atomic E-state index is 13.4. The van der Waals surface area contributed by atoms with E-state index < -0.39 is 5.82 Å². The summed E-state index contributed by atoms with van der Waals surface area (Å²) < 4.78 is 14.8. The summed E-state index contributed by atoms with van der Waals surface area (Å²) in [7, 11) is 0. The first-order valence-electron chi connectivity index (χ1n) is 10.3. The molecule has 174 valence electrons. The number of hydrogen-bond acceptors (Lipinski definition) is 6. The molecular weight excluding hydrogens is 482 g/mol. The van der Waals surface area contributed by atoms with Gasteiger partial charge in [0.15, 0.2) is 5.65 Å². The van der Waals surface area contributed by atoms with E-state index in [1.54, 1.807) is 30.3 Å². The molecule has 2 N–H and O–H groups in total. The minimum Gasteiger partial charge on any atom is -0.355 e. The van der Waals surface area contributed by atoms with Crippen molar-refractivity contribution in [3.05, 3.63) is 80.4 Å². The SMILES string of the molecule is CC(=O)NCCn1c(=O)c(-c2ccc(Cl)cc2)nc2cnc(NCc3ccc(F)c(Cl)c3)nc21. The average Bonchev–Trinajstić information content (AvgIpc) is 2.81. The molecule has 0 saturated heterocycles. The minimum absolute atomic E-state index is 0.0180. The molecule has 0 aliphatic rings. The van der Waals surface area contributed by atoms with Crippen LogP contribution in [0.4, 0.5) is 10.3 Å². The van der Waals surface area contributed by atoms with Gasteiger partial charge in [-0.25, -0.2) is 14.4 Å². The lowest BCUT2D eigenvalue weighted by molar-refractivity contribution is -0.118. The van der Waals surface area contributed by atoms with Crippen LogP contribution in [0.3, 0.4) is 0 Å². The summed E-state index contributed by atoms with van der Waals surface area (Å²) in [5.74, 6) is -0.459. The van der Waals surface area contributed by atoms with Gasteiger partial charge in [-0.2, -0.15) is 4.98 Å². The van der Waals surface area contributed by atoms with Crippen LogP contribution in [-0.2, 0) is 17.9 Å². The van der Waals surface area contributed by atoms with E-state index in [2.05, 4.69) is 25.6 Å². The maximum Gasteiger partial charge on any atom is 0.278 e. The molecule has 0 aliphatic heterocycles. The topological polar surface area (TPSA) is 102 Å². The molecule has 8 nitrogen and oxygen atoms in total. The smallest absolute Gasteiger partial charge is 0.278 e. The first kappa shape index (κ1) is 23.6. The Bertz CT molecular complexity index is 1430. The Kier molecular flexibility index (Phi) is 7.04. The fraction of sp³-hybridized carbons (Fsp3) is 0.174. The molecular formula is C23H19Cl2FN6O2. The van der Waals surface area contributed by atoms with Crippen LogP contribution >= 0.6 is 23.2 Å². The van der Waals surface area contributed by atoms with Gasteiger partial charge in [0.25, 0.3) is 5.56 Å². The van der Waals surface area contributed by atoms with Crippen molar-refractivity contribution in [2.45, 2.75) is 20.0 Å². The number of amides is 1. The Morgan fingerprint density at radius 2 is 1.88 bits per heavy atom. The third-order valence-electron chi connectivity index (χ3n) is 4.95. The Morgan fingerprint density at radius 3 is 2.59 bits per heavy atom. The number of carbonyl (C=O) groups excluding carboxylic acids is 1. The zero-order valence-electron chi connectivity index (χ0n) is 18.0. The number of hydrogen-bond donors (Lipinski definition) is 2. The van der Waals surface area contributed by atoms with E-state index in [1.165, 1.54) is 29.8 Å². The highest BCUT2D eigenvalue weighted by molar-refractivity contribution is 6.31. The van der Waals surface area contributed by atoms with Crippen LogP contribution in [0.2, 0.25) is 10.0 Å². The van der Waals surface area contributed by atoms with Gasteiger partial charge in [0, 0.05) is 37.1 Å². The molecule has 2 heterocycles. The van der Waals surface area contributed by atoms with E-state index in [4.69, 9.17) is 23.2 Å². The number of fused-ring (bicyclic) bond motifs is 1. The Morgan fingerprint density at radius 1 is 1.12 bits per heavy atom. The van der Waals surface area contributed by atoms with Crippen molar-refractivity contribution in [1.82, 2.24) is 24.8 Å². The highest BCUT2D eigenvalue weighted by atomic mass is 35.5. The Labute approximate surface area is 203 Å². The molecule has 1 amide bonds. The molecule has 0 unspecified atom stereocenters. The number of rotatable bonds is 7. The summed E-state index contributed by atoms with van der Waals surface area (Å²) >= 11 is 11.8. The number of aromatic nitrogens is 4. The summed E-state index contributed by atoms with van der Waals surface area (Å²) in [6, 6.07) is 11.2. The number of carbonyl (C=O) groups is 1. The van der Waals surface area contributed by atoms with E-state index in [1.807, 2.05) is 0 Å². The van der Waals surface area contributed by atoms with Crippen molar-refractivity contribution in [1.29, 1.82) is 0 Å². The molecule has 4 rings (SSSR count). The predicted molar refractivity (Wildman–Crippen MR) is 129 cm³/mol. The highest BCUT2D eigenvalue weighted by Crippen LogP contribution is 2.20. The van der Waals surface area contributed by atoms with Gasteiger partial charge in [-0.1, -0.05) is 41.4 Å². The zero-order chi connectivity index (χ0) is 24.2. The predicted octanol–water partition coefficient (Wildman–Crippen LogP) is 4.05. The van der Waals surface area contributed by atoms with E-state index in [-0.39, 0.29) is 47.8 Å². The van der Waals surface area contributed by atoms with Crippen LogP contribution in [0.5, 0.6) is 0 Å². The fourth-order valence-corrected chi connectivity index (χ4v) is 3.63. The van der Waals surface area contributed by atoms with Gasteiger partial charge in [-0.15, -0.1) is 0 Å². The highest BCUT2D eigenvalue weighted by Gasteiger charge is 2.15. The van der Waals surface area contributed by atoms with Crippen molar-refractivity contribution >= 4 is 46.2 Å². The molecule has 2 aromatic heterocycles. The third-order valence-corrected chi connectivity index (χ3v) is 5.49. The normalized spacial score (nSPS) is 10.9. The number of nitrogens with zero attached hydrogens (tertiary/aromatic N) is 4. The lowest BCUT2D eigenvalue weighted by Crippen LogP contribution is -2.31. The lowest BCUT2D eigenvalue weighted by Gasteiger charge is -2.13. The fourth-order valence-electron chi connectivity index (χ4n) is 3.30. The summed E-state index contributed by atoms with van der Waals surface area (Å²) in [6.07, 6.45) is 1.51. The first-order valence-corrected chi connectivity index (χ1v) is 11.0. The molecule has 2 aromatic carbocycles. The molecule has 0 fully saturated rings. The molecule has 34 heavy (non-hydrogen) atoms. The van der Waals surface area contributed by atoms with E-state index >= 15 is 0 Å². The summed E-state index contributed by atoms with van der Waals surface area (Å²) in [6.45, 7) is 2.10. The van der Waals surface area contributed by atoms with Crippen LogP contribution in [0.1, 0.15) is 12.5 Å². The summed E-state index contributed by atoms with van der Waals surface area (Å²) in [4.78, 5) is 37.9. The number of nitrogens with one attached hydrogen (secondary N) is 2. The molecule has 11 heteroatoms. The van der Waals surface area contributed by atoms with Gasteiger partial charge in [0.05, 0.1) is 11.2 Å². The second-order valence-electron chi connectivity index (χ2n) is 7.41. The molecule has 0 spiro atoms. The standard InChI is InChI=1S/C23H19Cl2FN6O2/c1-13(33)27-8-9-32-21-19(30-20(22(32)34)15-3-5-16(24)6-4-15)12-29-23(31-21)28-11-14-2-7-18(26)17(25)10-14/h2-7,10,12H,8-9,11H2,1H3,(H,27,33)(H,28,29,31). The average molecular weight is 501 g/mol. The van der Waals surface area contributed by atoms with Crippen LogP contribution < -0.4 is 16.2 Å². The van der Waals surface area contributed by atoms with E-state index in [0.29, 0.717) is 21.7 Å². The van der Waals surface area contributed by atoms with Crippen LogP contribution in [-0.4, -0.2) is 32.0 Å². The molecule has 0 bridgehead atoms. The number of anilines is 1. The number of benzene rings is 2. The third kappa shape index (κ3) is 5.32. The van der Waals surface area contributed by atoms with Gasteiger partial charge >= 0.3 is 0 Å². The van der Waals surface area contributed by atoms with Crippen LogP contribution in [0.15, 0.2) is 53.5 Å². The van der Waals surface area contributed by atoms with Crippen molar-refractivity contribution in [2.24, 2.45) is 0 Å². The largest absolute Gasteiger partial charge is 0.355 e. The molecule has 0 aliphatic carbocycles. The maximum absolute atomic E-state index is 13.4. The second kappa shape index (κ2) is 10.1. The molecule has 0 atom stereocenters. The van der Waals surface area contributed by atoms with Crippen LogP contribution in [0, 0.1) is 5.82 Å². The monoisotopic (exact) mass is 500 g/mol. The van der Waals surface area contributed by atoms with E-state index in [0.717, 1.165) is 5.56 Å². The van der Waals surface area contributed by atoms with Crippen molar-refractivity contribution in [3.8, 4) is 11.3 Å². The quantitative estimate of drug-likeness (QED) is 0.396. The molecule has 4 aromatic rings. The molecule has 0 radical (unpaired) electrons. The Hall–Kier alpha value is -3.56. The summed E-state index contributed by atoms with van der Waals surface area (Å²) in [5, 5.41) is 6.28. The summed E-state index contributed by atoms with van der Waals surface area (Å²) in [5.41, 5.74) is 1.90. The van der Waals surface area contributed by atoms with Crippen molar-refractivity contribution in [2.75, 3.05) is 11.9 Å². The van der Waals surface area contributed by atoms with Crippen molar-refractivity contribution in [3.63, 3.8) is 0 Å². The van der Waals surface area contributed by atoms with Crippen LogP contribution in [0.25, 0.3) is 22.4 Å². The molecule has 0 saturated carbocycles. The Balaban J connectivity index is 1.72.